The highest BCUT2D eigenvalue weighted by molar-refractivity contribution is 7.87. The quantitative estimate of drug-likeness (QED) is 0.496. The van der Waals surface area contributed by atoms with Crippen molar-refractivity contribution in [3.05, 3.63) is 58.9 Å². The number of aliphatic hydroxyl groups excluding tert-OH is 1. The van der Waals surface area contributed by atoms with Gasteiger partial charge in [-0.3, -0.25) is 0 Å². The topological polar surface area (TPSA) is 63.6 Å². The molecule has 8 heteroatoms. The minimum absolute atomic E-state index is 0.197. The zero-order chi connectivity index (χ0) is 19.4. The van der Waals surface area contributed by atoms with Crippen molar-refractivity contribution in [2.75, 3.05) is 0 Å². The van der Waals surface area contributed by atoms with Gasteiger partial charge in [0.05, 0.1) is 0 Å². The fourth-order valence-corrected chi connectivity index (χ4v) is 2.67. The number of halogens is 3. The lowest BCUT2D eigenvalue weighted by Crippen LogP contribution is -2.25. The van der Waals surface area contributed by atoms with Crippen LogP contribution in [0.2, 0.25) is 0 Å². The third-order valence-electron chi connectivity index (χ3n) is 3.42. The molecule has 0 aromatic heterocycles. The average molecular weight is 382 g/mol. The first kappa shape index (κ1) is 19.6. The van der Waals surface area contributed by atoms with Gasteiger partial charge in [0, 0.05) is 16.7 Å². The zero-order valence-electron chi connectivity index (χ0n) is 13.2. The molecule has 1 aliphatic carbocycles. The van der Waals surface area contributed by atoms with Gasteiger partial charge >= 0.3 is 15.6 Å². The molecule has 1 N–H and O–H groups in total. The molecule has 0 unspecified atom stereocenters. The Morgan fingerprint density at radius 3 is 2.65 bits per heavy atom. The van der Waals surface area contributed by atoms with Gasteiger partial charge in [-0.05, 0) is 31.1 Å². The van der Waals surface area contributed by atoms with E-state index >= 15 is 0 Å². The Balaban J connectivity index is 2.18. The Labute approximate surface area is 149 Å². The number of benzene rings is 1. The summed E-state index contributed by atoms with van der Waals surface area (Å²) in [4.78, 5) is 0. The van der Waals surface area contributed by atoms with Crippen LogP contribution in [0.1, 0.15) is 30.1 Å². The Morgan fingerprint density at radius 2 is 2.00 bits per heavy atom. The van der Waals surface area contributed by atoms with E-state index in [-0.39, 0.29) is 12.0 Å². The number of hydrogen-bond acceptors (Lipinski definition) is 4. The molecule has 1 aromatic carbocycles. The molecule has 0 radical (unpaired) electrons. The highest BCUT2D eigenvalue weighted by Crippen LogP contribution is 2.32. The van der Waals surface area contributed by atoms with Crippen LogP contribution in [0, 0.1) is 24.2 Å². The number of alkyl halides is 3. The first-order valence-electron chi connectivity index (χ1n) is 7.30. The molecular formula is C18H13F3O4S. The van der Waals surface area contributed by atoms with Gasteiger partial charge in [0.25, 0.3) is 0 Å². The Morgan fingerprint density at radius 1 is 1.31 bits per heavy atom. The van der Waals surface area contributed by atoms with Crippen molar-refractivity contribution in [2.45, 2.75) is 24.5 Å². The maximum absolute atomic E-state index is 12.4. The van der Waals surface area contributed by atoms with Crippen LogP contribution in [0.15, 0.2) is 47.7 Å². The summed E-state index contributed by atoms with van der Waals surface area (Å²) in [5, 5.41) is 10.1. The normalized spacial score (nSPS) is 17.0. The van der Waals surface area contributed by atoms with Crippen molar-refractivity contribution in [1.29, 1.82) is 0 Å². The van der Waals surface area contributed by atoms with Gasteiger partial charge in [0.15, 0.2) is 0 Å². The highest BCUT2D eigenvalue weighted by Gasteiger charge is 2.49. The number of hydrogen-bond donors (Lipinski definition) is 1. The monoisotopic (exact) mass is 382 g/mol. The van der Waals surface area contributed by atoms with E-state index in [2.05, 4.69) is 21.9 Å². The Hall–Kier alpha value is -2.68. The molecule has 0 fully saturated rings. The molecule has 1 atom stereocenters. The molecule has 0 spiro atoms. The van der Waals surface area contributed by atoms with Crippen LogP contribution < -0.4 is 0 Å². The summed E-state index contributed by atoms with van der Waals surface area (Å²) in [5.74, 6) is 7.00. The first-order valence-corrected chi connectivity index (χ1v) is 8.71. The van der Waals surface area contributed by atoms with E-state index in [4.69, 9.17) is 6.42 Å². The van der Waals surface area contributed by atoms with Gasteiger partial charge in [-0.2, -0.15) is 21.6 Å². The minimum atomic E-state index is -5.74. The maximum Gasteiger partial charge on any atom is 0.534 e. The lowest BCUT2D eigenvalue weighted by atomic mass is 10.0. The van der Waals surface area contributed by atoms with Crippen LogP contribution in [0.5, 0.6) is 0 Å². The largest absolute Gasteiger partial charge is 0.534 e. The van der Waals surface area contributed by atoms with Gasteiger partial charge in [-0.15, -0.1) is 6.42 Å². The van der Waals surface area contributed by atoms with Crippen LogP contribution in [0.4, 0.5) is 13.2 Å². The van der Waals surface area contributed by atoms with Crippen molar-refractivity contribution < 1.29 is 30.9 Å². The van der Waals surface area contributed by atoms with Gasteiger partial charge < -0.3 is 9.29 Å². The molecule has 1 aromatic rings. The molecule has 2 rings (SSSR count). The third-order valence-corrected chi connectivity index (χ3v) is 4.39. The van der Waals surface area contributed by atoms with Crippen molar-refractivity contribution >= 4 is 10.1 Å². The van der Waals surface area contributed by atoms with Crippen molar-refractivity contribution in [2.24, 2.45) is 0 Å². The van der Waals surface area contributed by atoms with Crippen LogP contribution in [-0.4, -0.2) is 19.0 Å². The number of aliphatic hydroxyl groups is 1. The van der Waals surface area contributed by atoms with E-state index in [9.17, 15) is 26.7 Å². The lowest BCUT2D eigenvalue weighted by Gasteiger charge is -2.10. The smallest absolute Gasteiger partial charge is 0.376 e. The summed E-state index contributed by atoms with van der Waals surface area (Å²) in [6, 6.07) is 6.61. The summed E-state index contributed by atoms with van der Waals surface area (Å²) >= 11 is 0. The number of rotatable bonds is 3. The molecule has 1 aliphatic rings. The van der Waals surface area contributed by atoms with E-state index in [0.29, 0.717) is 17.5 Å². The van der Waals surface area contributed by atoms with E-state index in [1.165, 1.54) is 12.2 Å². The van der Waals surface area contributed by atoms with Crippen LogP contribution >= 0.6 is 0 Å². The van der Waals surface area contributed by atoms with E-state index in [1.807, 2.05) is 0 Å². The molecular weight excluding hydrogens is 369 g/mol. The Kier molecular flexibility index (Phi) is 5.81. The lowest BCUT2D eigenvalue weighted by molar-refractivity contribution is -0.0520. The fourth-order valence-electron chi connectivity index (χ4n) is 2.16. The third kappa shape index (κ3) is 4.48. The van der Waals surface area contributed by atoms with Gasteiger partial charge in [0.2, 0.25) is 0 Å². The fraction of sp³-hybridized carbons (Fsp3) is 0.222. The first-order chi connectivity index (χ1) is 12.2. The number of allylic oxidation sites excluding steroid dienone is 3. The standard InChI is InChI=1S/C18H13F3O4S/c1-2-13-7-3-4-10-15(13)16(22)11-5-8-14-9-6-12-17(14)25-26(23,24)18(19,20)21/h1,3-4,7-8,10,12,16,22H,6,9H2/b14-8-/t16-/m1/s1. The van der Waals surface area contributed by atoms with Crippen molar-refractivity contribution in [3.63, 3.8) is 0 Å². The molecule has 26 heavy (non-hydrogen) atoms. The van der Waals surface area contributed by atoms with Crippen molar-refractivity contribution in [3.8, 4) is 24.2 Å². The summed E-state index contributed by atoms with van der Waals surface area (Å²) in [6.07, 6.45) is 7.18. The van der Waals surface area contributed by atoms with E-state index < -0.39 is 27.5 Å². The van der Waals surface area contributed by atoms with Gasteiger partial charge in [-0.1, -0.05) is 36.0 Å². The highest BCUT2D eigenvalue weighted by atomic mass is 32.2. The maximum atomic E-state index is 12.4. The molecule has 0 bridgehead atoms. The summed E-state index contributed by atoms with van der Waals surface area (Å²) < 4.78 is 63.5. The van der Waals surface area contributed by atoms with Crippen LogP contribution in [0.25, 0.3) is 0 Å². The summed E-state index contributed by atoms with van der Waals surface area (Å²) in [6.45, 7) is 0. The molecule has 0 aliphatic heterocycles. The predicted octanol–water partition coefficient (Wildman–Crippen LogP) is 3.18. The van der Waals surface area contributed by atoms with Crippen LogP contribution in [0.3, 0.4) is 0 Å². The SMILES string of the molecule is C#Cc1ccccc1[C@H](O)C#C/C=C1/CCC=C1OS(=O)(=O)C(F)(F)F. The molecule has 0 amide bonds. The molecule has 4 nitrogen and oxygen atoms in total. The van der Waals surface area contributed by atoms with Crippen molar-refractivity contribution in [1.82, 2.24) is 0 Å². The zero-order valence-corrected chi connectivity index (χ0v) is 14.1. The van der Waals surface area contributed by atoms with E-state index in [1.54, 1.807) is 24.3 Å². The second kappa shape index (κ2) is 7.69. The second-order valence-corrected chi connectivity index (χ2v) is 6.72. The number of terminal acetylenes is 1. The predicted molar refractivity (Wildman–Crippen MR) is 88.6 cm³/mol. The molecule has 136 valence electrons. The average Bonchev–Trinajstić information content (AvgIpc) is 3.00. The summed E-state index contributed by atoms with van der Waals surface area (Å²) in [7, 11) is -5.74. The molecule has 0 saturated carbocycles. The van der Waals surface area contributed by atoms with E-state index in [0.717, 1.165) is 0 Å². The minimum Gasteiger partial charge on any atom is -0.376 e. The molecule has 0 saturated heterocycles. The van der Waals surface area contributed by atoms with Gasteiger partial charge in [-0.25, -0.2) is 0 Å². The van der Waals surface area contributed by atoms with Gasteiger partial charge in [0.1, 0.15) is 11.9 Å². The van der Waals surface area contributed by atoms with Crippen LogP contribution in [-0.2, 0) is 14.3 Å². The molecule has 0 heterocycles. The summed E-state index contributed by atoms with van der Waals surface area (Å²) in [5.41, 5.74) is -4.44. The second-order valence-electron chi connectivity index (χ2n) is 5.18. The Bertz CT molecular complexity index is 955.